The van der Waals surface area contributed by atoms with Gasteiger partial charge in [-0.1, -0.05) is 0 Å². The average Bonchev–Trinajstić information content (AvgIpc) is 2.69. The highest BCUT2D eigenvalue weighted by molar-refractivity contribution is 6.03. The van der Waals surface area contributed by atoms with E-state index in [-0.39, 0.29) is 17.3 Å². The van der Waals surface area contributed by atoms with Gasteiger partial charge in [0, 0.05) is 11.9 Å². The van der Waals surface area contributed by atoms with Crippen molar-refractivity contribution in [1.29, 1.82) is 5.26 Å². The number of aromatic nitrogens is 2. The number of hydrogen-bond donors (Lipinski definition) is 2. The molecule has 0 radical (unpaired) electrons. The molecule has 0 aliphatic carbocycles. The molecule has 9 heteroatoms. The van der Waals surface area contributed by atoms with Crippen LogP contribution in [-0.2, 0) is 0 Å². The normalized spacial score (nSPS) is 10.1. The summed E-state index contributed by atoms with van der Waals surface area (Å²) in [7, 11) is 0. The lowest BCUT2D eigenvalue weighted by Gasteiger charge is -2.09. The van der Waals surface area contributed by atoms with E-state index in [9.17, 15) is 18.0 Å². The third kappa shape index (κ3) is 4.01. The molecule has 0 aliphatic heterocycles. The van der Waals surface area contributed by atoms with Gasteiger partial charge >= 0.3 is 0 Å². The lowest BCUT2D eigenvalue weighted by atomic mass is 10.2. The molecule has 3 rings (SSSR count). The second kappa shape index (κ2) is 7.53. The standard InChI is InChI=1S/C18H10F3N5O/c19-12-5-6-13(16(21)15(12)20)25-18-23-8-7-14(26-18)17(27)24-11-3-1-10(9-22)2-4-11/h1-8H,(H,24,27)(H,23,25,26). The maximum Gasteiger partial charge on any atom is 0.274 e. The third-order valence-electron chi connectivity index (χ3n) is 3.44. The zero-order valence-corrected chi connectivity index (χ0v) is 13.5. The van der Waals surface area contributed by atoms with Gasteiger partial charge in [-0.3, -0.25) is 4.79 Å². The van der Waals surface area contributed by atoms with Gasteiger partial charge in [-0.2, -0.15) is 5.26 Å². The Morgan fingerprint density at radius 3 is 2.44 bits per heavy atom. The van der Waals surface area contributed by atoms with Gasteiger partial charge < -0.3 is 10.6 Å². The van der Waals surface area contributed by atoms with Crippen LogP contribution in [-0.4, -0.2) is 15.9 Å². The van der Waals surface area contributed by atoms with Crippen LogP contribution in [0, 0.1) is 28.8 Å². The van der Waals surface area contributed by atoms with Gasteiger partial charge in [0.25, 0.3) is 5.91 Å². The van der Waals surface area contributed by atoms with Crippen LogP contribution in [0.3, 0.4) is 0 Å². The van der Waals surface area contributed by atoms with Gasteiger partial charge in [0.15, 0.2) is 17.5 Å². The van der Waals surface area contributed by atoms with E-state index in [1.807, 2.05) is 6.07 Å². The van der Waals surface area contributed by atoms with E-state index in [2.05, 4.69) is 20.6 Å². The molecule has 3 aromatic rings. The highest BCUT2D eigenvalue weighted by Gasteiger charge is 2.15. The summed E-state index contributed by atoms with van der Waals surface area (Å²) in [5.41, 5.74) is 0.465. The third-order valence-corrected chi connectivity index (χ3v) is 3.44. The predicted molar refractivity (Wildman–Crippen MR) is 90.7 cm³/mol. The Morgan fingerprint density at radius 2 is 1.74 bits per heavy atom. The molecule has 0 saturated heterocycles. The number of carbonyl (C=O) groups is 1. The SMILES string of the molecule is N#Cc1ccc(NC(=O)c2ccnc(Nc3ccc(F)c(F)c3F)n2)cc1. The van der Waals surface area contributed by atoms with Crippen molar-refractivity contribution >= 4 is 23.2 Å². The summed E-state index contributed by atoms with van der Waals surface area (Å²) in [5, 5.41) is 13.7. The molecule has 1 amide bonds. The highest BCUT2D eigenvalue weighted by atomic mass is 19.2. The van der Waals surface area contributed by atoms with Crippen molar-refractivity contribution in [2.24, 2.45) is 0 Å². The van der Waals surface area contributed by atoms with E-state index < -0.39 is 23.4 Å². The van der Waals surface area contributed by atoms with Crippen LogP contribution in [0.1, 0.15) is 16.1 Å². The van der Waals surface area contributed by atoms with E-state index >= 15 is 0 Å². The first kappa shape index (κ1) is 17.9. The number of nitrogens with one attached hydrogen (secondary N) is 2. The molecule has 1 heterocycles. The van der Waals surface area contributed by atoms with Gasteiger partial charge in [0.05, 0.1) is 17.3 Å². The number of halogens is 3. The second-order valence-electron chi connectivity index (χ2n) is 5.26. The monoisotopic (exact) mass is 369 g/mol. The minimum atomic E-state index is -1.63. The Morgan fingerprint density at radius 1 is 1.00 bits per heavy atom. The topological polar surface area (TPSA) is 90.7 Å². The molecule has 27 heavy (non-hydrogen) atoms. The van der Waals surface area contributed by atoms with Gasteiger partial charge in [-0.25, -0.2) is 23.1 Å². The summed E-state index contributed by atoms with van der Waals surface area (Å²) in [5.74, 6) is -5.13. The number of hydrogen-bond acceptors (Lipinski definition) is 5. The molecule has 6 nitrogen and oxygen atoms in total. The maximum absolute atomic E-state index is 13.7. The summed E-state index contributed by atoms with van der Waals surface area (Å²) in [6.45, 7) is 0. The quantitative estimate of drug-likeness (QED) is 0.684. The van der Waals surface area contributed by atoms with Gasteiger partial charge in [-0.05, 0) is 42.5 Å². The second-order valence-corrected chi connectivity index (χ2v) is 5.26. The lowest BCUT2D eigenvalue weighted by molar-refractivity contribution is 0.102. The summed E-state index contributed by atoms with van der Waals surface area (Å²) >= 11 is 0. The fourth-order valence-electron chi connectivity index (χ4n) is 2.11. The molecular formula is C18H10F3N5O. The van der Waals surface area contributed by atoms with Crippen molar-refractivity contribution in [2.45, 2.75) is 0 Å². The predicted octanol–water partition coefficient (Wildman–Crippen LogP) is 3.76. The van der Waals surface area contributed by atoms with Crippen molar-refractivity contribution in [3.05, 3.63) is 77.4 Å². The van der Waals surface area contributed by atoms with Crippen molar-refractivity contribution in [2.75, 3.05) is 10.6 Å². The van der Waals surface area contributed by atoms with E-state index in [1.54, 1.807) is 12.1 Å². The van der Waals surface area contributed by atoms with Gasteiger partial charge in [-0.15, -0.1) is 0 Å². The Balaban J connectivity index is 1.77. The Labute approximate surface area is 151 Å². The molecule has 134 valence electrons. The molecule has 2 N–H and O–H groups in total. The average molecular weight is 369 g/mol. The van der Waals surface area contributed by atoms with E-state index in [0.29, 0.717) is 11.3 Å². The molecule has 0 atom stereocenters. The van der Waals surface area contributed by atoms with Crippen molar-refractivity contribution in [1.82, 2.24) is 9.97 Å². The number of nitrogens with zero attached hydrogens (tertiary/aromatic N) is 3. The minimum absolute atomic E-state index is 0.0418. The Hall–Kier alpha value is -3.93. The van der Waals surface area contributed by atoms with Crippen LogP contribution in [0.2, 0.25) is 0 Å². The molecular weight excluding hydrogens is 359 g/mol. The van der Waals surface area contributed by atoms with E-state index in [4.69, 9.17) is 5.26 Å². The molecule has 0 fully saturated rings. The summed E-state index contributed by atoms with van der Waals surface area (Å²) in [6, 6.07) is 11.2. The lowest BCUT2D eigenvalue weighted by Crippen LogP contribution is -2.15. The van der Waals surface area contributed by atoms with E-state index in [0.717, 1.165) is 12.1 Å². The van der Waals surface area contributed by atoms with Gasteiger partial charge in [0.1, 0.15) is 5.69 Å². The zero-order valence-electron chi connectivity index (χ0n) is 13.5. The van der Waals surface area contributed by atoms with Crippen LogP contribution < -0.4 is 10.6 Å². The van der Waals surface area contributed by atoms with Crippen LogP contribution in [0.4, 0.5) is 30.5 Å². The van der Waals surface area contributed by atoms with Crippen molar-refractivity contribution < 1.29 is 18.0 Å². The first-order valence-electron chi connectivity index (χ1n) is 7.53. The van der Waals surface area contributed by atoms with Crippen LogP contribution in [0.15, 0.2) is 48.7 Å². The summed E-state index contributed by atoms with van der Waals surface area (Å²) in [6.07, 6.45) is 1.25. The number of carbonyl (C=O) groups excluding carboxylic acids is 1. The number of anilines is 3. The molecule has 0 spiro atoms. The first-order chi connectivity index (χ1) is 13.0. The van der Waals surface area contributed by atoms with Crippen molar-refractivity contribution in [3.8, 4) is 6.07 Å². The summed E-state index contributed by atoms with van der Waals surface area (Å²) < 4.78 is 40.0. The van der Waals surface area contributed by atoms with Crippen LogP contribution in [0.25, 0.3) is 0 Å². The molecule has 2 aromatic carbocycles. The molecule has 0 bridgehead atoms. The Bertz CT molecular complexity index is 1050. The smallest absolute Gasteiger partial charge is 0.274 e. The fraction of sp³-hybridized carbons (Fsp3) is 0. The molecule has 0 aliphatic rings. The van der Waals surface area contributed by atoms with Crippen LogP contribution >= 0.6 is 0 Å². The molecule has 0 unspecified atom stereocenters. The minimum Gasteiger partial charge on any atom is -0.322 e. The number of nitriles is 1. The maximum atomic E-state index is 13.7. The number of amides is 1. The number of rotatable bonds is 4. The van der Waals surface area contributed by atoms with Gasteiger partial charge in [0.2, 0.25) is 5.95 Å². The summed E-state index contributed by atoms with van der Waals surface area (Å²) in [4.78, 5) is 20.0. The highest BCUT2D eigenvalue weighted by Crippen LogP contribution is 2.22. The van der Waals surface area contributed by atoms with Crippen LogP contribution in [0.5, 0.6) is 0 Å². The first-order valence-corrected chi connectivity index (χ1v) is 7.53. The molecule has 1 aromatic heterocycles. The van der Waals surface area contributed by atoms with Crippen molar-refractivity contribution in [3.63, 3.8) is 0 Å². The molecule has 0 saturated carbocycles. The Kier molecular flexibility index (Phi) is 4.99. The largest absolute Gasteiger partial charge is 0.322 e. The fourth-order valence-corrected chi connectivity index (χ4v) is 2.11. The number of benzene rings is 2. The zero-order chi connectivity index (χ0) is 19.4. The van der Waals surface area contributed by atoms with E-state index in [1.165, 1.54) is 24.4 Å².